The van der Waals surface area contributed by atoms with E-state index in [1.165, 1.54) is 14.0 Å². The van der Waals surface area contributed by atoms with E-state index < -0.39 is 17.3 Å². The Hall–Kier alpha value is -1.03. The maximum Gasteiger partial charge on any atom is 0.336 e. The summed E-state index contributed by atoms with van der Waals surface area (Å²) in [7, 11) is 1.22. The Bertz CT molecular complexity index is 222. The van der Waals surface area contributed by atoms with Crippen LogP contribution in [0.15, 0.2) is 12.2 Å². The van der Waals surface area contributed by atoms with Gasteiger partial charge >= 0.3 is 11.9 Å². The quantitative estimate of drug-likeness (QED) is 0.389. The number of halogens is 1. The average Bonchev–Trinajstić information content (AvgIpc) is 2.11. The highest BCUT2D eigenvalue weighted by atomic mass is 35.5. The topological polar surface area (TPSA) is 52.6 Å². The number of hydrogen-bond donors (Lipinski definition) is 0. The molecule has 13 heavy (non-hydrogen) atoms. The van der Waals surface area contributed by atoms with Crippen LogP contribution in [0.1, 0.15) is 6.92 Å². The van der Waals surface area contributed by atoms with E-state index in [9.17, 15) is 9.59 Å². The minimum Gasteiger partial charge on any atom is -0.466 e. The van der Waals surface area contributed by atoms with Gasteiger partial charge in [0.1, 0.15) is 12.0 Å². The summed E-state index contributed by atoms with van der Waals surface area (Å²) in [6, 6.07) is 0. The Morgan fingerprint density at radius 2 is 2.08 bits per heavy atom. The molecule has 0 N–H and O–H groups in total. The SMILES string of the molecule is C=C(COC(=O)C(C)Cl)C(=O)OC. The largest absolute Gasteiger partial charge is 0.466 e. The Labute approximate surface area is 81.5 Å². The van der Waals surface area contributed by atoms with E-state index in [1.807, 2.05) is 0 Å². The smallest absolute Gasteiger partial charge is 0.336 e. The number of hydrogen-bond acceptors (Lipinski definition) is 4. The molecule has 0 saturated heterocycles. The lowest BCUT2D eigenvalue weighted by Gasteiger charge is -2.06. The zero-order chi connectivity index (χ0) is 10.4. The molecule has 0 aliphatic heterocycles. The van der Waals surface area contributed by atoms with Crippen molar-refractivity contribution in [3.8, 4) is 0 Å². The summed E-state index contributed by atoms with van der Waals surface area (Å²) in [6.45, 7) is 4.65. The number of ether oxygens (including phenoxy) is 2. The summed E-state index contributed by atoms with van der Waals surface area (Å²) in [6.07, 6.45) is 0. The summed E-state index contributed by atoms with van der Waals surface area (Å²) in [4.78, 5) is 21.6. The van der Waals surface area contributed by atoms with Crippen molar-refractivity contribution in [2.24, 2.45) is 0 Å². The third-order valence-electron chi connectivity index (χ3n) is 1.19. The molecule has 0 amide bonds. The summed E-state index contributed by atoms with van der Waals surface area (Å²) in [5.41, 5.74) is 0.0770. The Morgan fingerprint density at radius 3 is 2.46 bits per heavy atom. The number of carbonyl (C=O) groups excluding carboxylic acids is 2. The van der Waals surface area contributed by atoms with Gasteiger partial charge in [-0.25, -0.2) is 4.79 Å². The molecule has 74 valence electrons. The zero-order valence-corrected chi connectivity index (χ0v) is 8.26. The fourth-order valence-electron chi connectivity index (χ4n) is 0.476. The minimum atomic E-state index is -0.731. The third-order valence-corrected chi connectivity index (χ3v) is 1.37. The van der Waals surface area contributed by atoms with Crippen LogP contribution < -0.4 is 0 Å². The molecular formula is C8H11ClO4. The lowest BCUT2D eigenvalue weighted by Crippen LogP contribution is -2.18. The normalized spacial score (nSPS) is 11.6. The van der Waals surface area contributed by atoms with Crippen molar-refractivity contribution in [1.29, 1.82) is 0 Å². The first-order valence-electron chi connectivity index (χ1n) is 3.55. The van der Waals surface area contributed by atoms with Crippen LogP contribution in [0.4, 0.5) is 0 Å². The lowest BCUT2D eigenvalue weighted by molar-refractivity contribution is -0.143. The molecule has 0 bridgehead atoms. The highest BCUT2D eigenvalue weighted by Gasteiger charge is 2.13. The van der Waals surface area contributed by atoms with Crippen molar-refractivity contribution in [2.45, 2.75) is 12.3 Å². The molecule has 4 nitrogen and oxygen atoms in total. The summed E-state index contributed by atoms with van der Waals surface area (Å²) in [5.74, 6) is -1.19. The minimum absolute atomic E-state index is 0.0770. The zero-order valence-electron chi connectivity index (χ0n) is 7.50. The number of methoxy groups -OCH3 is 1. The van der Waals surface area contributed by atoms with Crippen LogP contribution in [-0.4, -0.2) is 31.0 Å². The molecule has 0 spiro atoms. The average molecular weight is 207 g/mol. The summed E-state index contributed by atoms with van der Waals surface area (Å²) in [5, 5.41) is -0.731. The van der Waals surface area contributed by atoms with E-state index in [1.54, 1.807) is 0 Å². The third kappa shape index (κ3) is 4.52. The Morgan fingerprint density at radius 1 is 1.54 bits per heavy atom. The highest BCUT2D eigenvalue weighted by Crippen LogP contribution is 2.00. The van der Waals surface area contributed by atoms with Crippen LogP contribution >= 0.6 is 11.6 Å². The molecule has 1 unspecified atom stereocenters. The highest BCUT2D eigenvalue weighted by molar-refractivity contribution is 6.29. The van der Waals surface area contributed by atoms with Gasteiger partial charge in [-0.05, 0) is 6.92 Å². The maximum atomic E-state index is 10.8. The first-order chi connectivity index (χ1) is 5.99. The molecular weight excluding hydrogens is 196 g/mol. The fraction of sp³-hybridized carbons (Fsp3) is 0.500. The second-order valence-corrected chi connectivity index (χ2v) is 2.97. The standard InChI is InChI=1S/C8H11ClO4/c1-5(7(10)12-3)4-13-8(11)6(2)9/h6H,1,4H2,2-3H3. The molecule has 0 aliphatic carbocycles. The van der Waals surface area contributed by atoms with Gasteiger partial charge < -0.3 is 9.47 Å². The van der Waals surface area contributed by atoms with Gasteiger partial charge in [-0.3, -0.25) is 4.79 Å². The maximum absolute atomic E-state index is 10.8. The number of esters is 2. The summed E-state index contributed by atoms with van der Waals surface area (Å²) < 4.78 is 8.96. The Balaban J connectivity index is 3.84. The molecule has 0 aromatic carbocycles. The summed E-state index contributed by atoms with van der Waals surface area (Å²) >= 11 is 5.40. The number of alkyl halides is 1. The lowest BCUT2D eigenvalue weighted by atomic mass is 10.3. The van der Waals surface area contributed by atoms with E-state index in [4.69, 9.17) is 11.6 Å². The second-order valence-electron chi connectivity index (χ2n) is 2.32. The van der Waals surface area contributed by atoms with Crippen LogP contribution in [0.5, 0.6) is 0 Å². The van der Waals surface area contributed by atoms with Crippen LogP contribution in [0, 0.1) is 0 Å². The first-order valence-corrected chi connectivity index (χ1v) is 3.99. The molecule has 0 aliphatic rings. The molecule has 0 fully saturated rings. The Kier molecular flexibility index (Phi) is 5.14. The number of rotatable bonds is 4. The van der Waals surface area contributed by atoms with Gasteiger partial charge in [-0.1, -0.05) is 6.58 Å². The molecule has 0 heterocycles. The molecule has 0 aromatic rings. The van der Waals surface area contributed by atoms with Crippen molar-refractivity contribution >= 4 is 23.5 Å². The fourth-order valence-corrected chi connectivity index (χ4v) is 0.539. The van der Waals surface area contributed by atoms with Crippen LogP contribution in [-0.2, 0) is 19.1 Å². The van der Waals surface area contributed by atoms with E-state index in [-0.39, 0.29) is 12.2 Å². The predicted octanol–water partition coefficient (Wildman–Crippen LogP) is 0.886. The molecule has 5 heteroatoms. The van der Waals surface area contributed by atoms with Crippen molar-refractivity contribution in [2.75, 3.05) is 13.7 Å². The van der Waals surface area contributed by atoms with Gasteiger partial charge in [0.05, 0.1) is 12.7 Å². The van der Waals surface area contributed by atoms with Crippen LogP contribution in [0.3, 0.4) is 0 Å². The van der Waals surface area contributed by atoms with Crippen LogP contribution in [0.25, 0.3) is 0 Å². The van der Waals surface area contributed by atoms with Gasteiger partial charge in [0.25, 0.3) is 0 Å². The van der Waals surface area contributed by atoms with Gasteiger partial charge in [-0.2, -0.15) is 0 Å². The van der Waals surface area contributed by atoms with Crippen molar-refractivity contribution in [3.05, 3.63) is 12.2 Å². The van der Waals surface area contributed by atoms with Crippen molar-refractivity contribution in [1.82, 2.24) is 0 Å². The molecule has 0 radical (unpaired) electrons. The molecule has 1 atom stereocenters. The van der Waals surface area contributed by atoms with Crippen LogP contribution in [0.2, 0.25) is 0 Å². The van der Waals surface area contributed by atoms with E-state index in [2.05, 4.69) is 16.1 Å². The van der Waals surface area contributed by atoms with Crippen molar-refractivity contribution < 1.29 is 19.1 Å². The predicted molar refractivity (Wildman–Crippen MR) is 47.4 cm³/mol. The first kappa shape index (κ1) is 12.0. The van der Waals surface area contributed by atoms with E-state index >= 15 is 0 Å². The molecule has 0 rings (SSSR count). The van der Waals surface area contributed by atoms with Gasteiger partial charge in [0.2, 0.25) is 0 Å². The van der Waals surface area contributed by atoms with Gasteiger partial charge in [-0.15, -0.1) is 11.6 Å². The molecule has 0 saturated carbocycles. The number of carbonyl (C=O) groups is 2. The van der Waals surface area contributed by atoms with E-state index in [0.29, 0.717) is 0 Å². The second kappa shape index (κ2) is 5.59. The van der Waals surface area contributed by atoms with Gasteiger partial charge in [0, 0.05) is 0 Å². The van der Waals surface area contributed by atoms with Crippen molar-refractivity contribution in [3.63, 3.8) is 0 Å². The molecule has 0 aromatic heterocycles. The monoisotopic (exact) mass is 206 g/mol. The van der Waals surface area contributed by atoms with E-state index in [0.717, 1.165) is 0 Å². The van der Waals surface area contributed by atoms with Gasteiger partial charge in [0.15, 0.2) is 0 Å².